The van der Waals surface area contributed by atoms with E-state index in [1.165, 1.54) is 12.7 Å². The lowest BCUT2D eigenvalue weighted by Gasteiger charge is -2.45. The van der Waals surface area contributed by atoms with Crippen LogP contribution in [-0.2, 0) is 11.2 Å². The van der Waals surface area contributed by atoms with E-state index in [-0.39, 0.29) is 6.04 Å². The Bertz CT molecular complexity index is 1090. The van der Waals surface area contributed by atoms with Crippen LogP contribution in [0.5, 0.6) is 11.5 Å². The van der Waals surface area contributed by atoms with Crippen LogP contribution < -0.4 is 14.8 Å². The first kappa shape index (κ1) is 24.0. The fourth-order valence-corrected chi connectivity index (χ4v) is 4.97. The van der Waals surface area contributed by atoms with Gasteiger partial charge in [0.15, 0.2) is 0 Å². The van der Waals surface area contributed by atoms with E-state index in [1.54, 1.807) is 7.11 Å². The SMILES string of the molecule is COC(=O)c1c(C=Cc2ccccc2)cc(OC)c2c1OCC1CNCC[N+]1(C)CC(C)=CC2. The van der Waals surface area contributed by atoms with Gasteiger partial charge in [-0.3, -0.25) is 0 Å². The number of fused-ring (bicyclic) bond motifs is 2. The lowest BCUT2D eigenvalue weighted by molar-refractivity contribution is -0.931. The van der Waals surface area contributed by atoms with E-state index in [2.05, 4.69) is 25.4 Å². The summed E-state index contributed by atoms with van der Waals surface area (Å²) in [5, 5.41) is 3.51. The van der Waals surface area contributed by atoms with E-state index in [9.17, 15) is 4.79 Å². The van der Waals surface area contributed by atoms with Crippen molar-refractivity contribution in [2.24, 2.45) is 0 Å². The summed E-state index contributed by atoms with van der Waals surface area (Å²) in [6.45, 7) is 6.58. The highest BCUT2D eigenvalue weighted by atomic mass is 16.5. The lowest BCUT2D eigenvalue weighted by atomic mass is 9.96. The van der Waals surface area contributed by atoms with Crippen LogP contribution in [0.3, 0.4) is 0 Å². The van der Waals surface area contributed by atoms with Crippen molar-refractivity contribution in [3.63, 3.8) is 0 Å². The van der Waals surface area contributed by atoms with Crippen LogP contribution in [0.15, 0.2) is 48.0 Å². The van der Waals surface area contributed by atoms with Gasteiger partial charge in [-0.15, -0.1) is 0 Å². The highest BCUT2D eigenvalue weighted by Gasteiger charge is 2.37. The van der Waals surface area contributed by atoms with Crippen LogP contribution in [0.2, 0.25) is 0 Å². The van der Waals surface area contributed by atoms with Gasteiger partial charge in [0.2, 0.25) is 0 Å². The third-order valence-corrected chi connectivity index (χ3v) is 6.98. The van der Waals surface area contributed by atoms with Crippen LogP contribution in [0.25, 0.3) is 12.2 Å². The van der Waals surface area contributed by atoms with Gasteiger partial charge in [-0.05, 0) is 36.1 Å². The Balaban J connectivity index is 1.85. The number of likely N-dealkylation sites (N-methyl/N-ethyl adjacent to an activating group) is 1. The van der Waals surface area contributed by atoms with Crippen LogP contribution >= 0.6 is 0 Å². The molecule has 2 aromatic rings. The van der Waals surface area contributed by atoms with Gasteiger partial charge in [0.05, 0.1) is 34.4 Å². The normalized spacial score (nSPS) is 22.7. The molecule has 180 valence electrons. The number of hydrogen-bond donors (Lipinski definition) is 1. The number of quaternary nitrogens is 1. The number of nitrogens with one attached hydrogen (secondary N) is 1. The molecule has 2 atom stereocenters. The lowest BCUT2D eigenvalue weighted by Crippen LogP contribution is -2.65. The summed E-state index contributed by atoms with van der Waals surface area (Å²) in [7, 11) is 5.37. The summed E-state index contributed by atoms with van der Waals surface area (Å²) in [5.74, 6) is 0.851. The Kier molecular flexibility index (Phi) is 7.39. The fourth-order valence-electron chi connectivity index (χ4n) is 4.97. The number of nitrogens with zero attached hydrogens (tertiary/aromatic N) is 1. The summed E-state index contributed by atoms with van der Waals surface area (Å²) >= 11 is 0. The molecule has 2 unspecified atom stereocenters. The van der Waals surface area contributed by atoms with Crippen molar-refractivity contribution in [1.29, 1.82) is 0 Å². The van der Waals surface area contributed by atoms with E-state index >= 15 is 0 Å². The zero-order valence-corrected chi connectivity index (χ0v) is 20.6. The van der Waals surface area contributed by atoms with Gasteiger partial charge in [0.1, 0.15) is 36.3 Å². The topological polar surface area (TPSA) is 56.8 Å². The predicted molar refractivity (Wildman–Crippen MR) is 135 cm³/mol. The third kappa shape index (κ3) is 5.03. The molecule has 2 heterocycles. The highest BCUT2D eigenvalue weighted by Crippen LogP contribution is 2.38. The molecule has 0 aliphatic carbocycles. The minimum Gasteiger partial charge on any atom is -0.496 e. The maximum Gasteiger partial charge on any atom is 0.342 e. The van der Waals surface area contributed by atoms with Crippen LogP contribution in [0.1, 0.15) is 34.0 Å². The first-order valence-electron chi connectivity index (χ1n) is 11.8. The molecule has 1 fully saturated rings. The number of benzene rings is 2. The first-order valence-corrected chi connectivity index (χ1v) is 11.8. The molecule has 0 spiro atoms. The molecule has 6 heteroatoms. The number of carbonyl (C=O) groups excluding carboxylic acids is 1. The molecule has 0 saturated carbocycles. The molecular formula is C28H35N2O4+. The quantitative estimate of drug-likeness (QED) is 0.322. The summed E-state index contributed by atoms with van der Waals surface area (Å²) in [6, 6.07) is 12.2. The van der Waals surface area contributed by atoms with E-state index in [1.807, 2.05) is 48.6 Å². The predicted octanol–water partition coefficient (Wildman–Crippen LogP) is 3.95. The average molecular weight is 464 g/mol. The maximum absolute atomic E-state index is 13.1. The summed E-state index contributed by atoms with van der Waals surface area (Å²) in [4.78, 5) is 13.1. The smallest absolute Gasteiger partial charge is 0.342 e. The van der Waals surface area contributed by atoms with E-state index in [4.69, 9.17) is 14.2 Å². The summed E-state index contributed by atoms with van der Waals surface area (Å²) < 4.78 is 18.5. The number of piperazine rings is 1. The zero-order valence-electron chi connectivity index (χ0n) is 20.6. The number of hydrogen-bond acceptors (Lipinski definition) is 5. The van der Waals surface area contributed by atoms with Gasteiger partial charge in [0, 0.05) is 12.1 Å². The largest absolute Gasteiger partial charge is 0.496 e. The minimum absolute atomic E-state index is 0.267. The van der Waals surface area contributed by atoms with Gasteiger partial charge >= 0.3 is 5.97 Å². The fraction of sp³-hybridized carbons (Fsp3) is 0.393. The average Bonchev–Trinajstić information content (AvgIpc) is 2.85. The third-order valence-electron chi connectivity index (χ3n) is 6.98. The maximum atomic E-state index is 13.1. The molecule has 0 radical (unpaired) electrons. The molecule has 4 rings (SSSR count). The van der Waals surface area contributed by atoms with Crippen molar-refractivity contribution in [3.8, 4) is 11.5 Å². The number of allylic oxidation sites excluding steroid dienone is 1. The molecule has 0 aromatic heterocycles. The number of ether oxygens (including phenoxy) is 3. The van der Waals surface area contributed by atoms with Crippen molar-refractivity contribution >= 4 is 18.1 Å². The number of methoxy groups -OCH3 is 2. The Morgan fingerprint density at radius 2 is 2.00 bits per heavy atom. The van der Waals surface area contributed by atoms with Gasteiger partial charge in [-0.2, -0.15) is 0 Å². The molecule has 34 heavy (non-hydrogen) atoms. The minimum atomic E-state index is -0.414. The number of esters is 1. The van der Waals surface area contributed by atoms with E-state index in [0.29, 0.717) is 35.7 Å². The molecule has 2 aliphatic rings. The molecule has 2 aliphatic heterocycles. The molecule has 0 amide bonds. The Labute approximate surface area is 202 Å². The van der Waals surface area contributed by atoms with Crippen LogP contribution in [0.4, 0.5) is 0 Å². The monoisotopic (exact) mass is 463 g/mol. The summed E-state index contributed by atoms with van der Waals surface area (Å²) in [6.07, 6.45) is 6.77. The van der Waals surface area contributed by atoms with Gasteiger partial charge in [-0.25, -0.2) is 4.79 Å². The van der Waals surface area contributed by atoms with Crippen molar-refractivity contribution in [2.75, 3.05) is 54.1 Å². The van der Waals surface area contributed by atoms with Crippen molar-refractivity contribution < 1.29 is 23.5 Å². The molecule has 1 N–H and O–H groups in total. The molecule has 2 aromatic carbocycles. The van der Waals surface area contributed by atoms with Gasteiger partial charge in [0.25, 0.3) is 0 Å². The molecule has 6 nitrogen and oxygen atoms in total. The van der Waals surface area contributed by atoms with Gasteiger partial charge in [-0.1, -0.05) is 48.6 Å². The highest BCUT2D eigenvalue weighted by molar-refractivity contribution is 5.99. The van der Waals surface area contributed by atoms with Crippen LogP contribution in [0, 0.1) is 0 Å². The summed E-state index contributed by atoms with van der Waals surface area (Å²) in [5.41, 5.74) is 4.40. The second kappa shape index (κ2) is 10.5. The number of rotatable bonds is 4. The van der Waals surface area contributed by atoms with Crippen molar-refractivity contribution in [2.45, 2.75) is 19.4 Å². The van der Waals surface area contributed by atoms with Gasteiger partial charge < -0.3 is 24.0 Å². The van der Waals surface area contributed by atoms with E-state index in [0.717, 1.165) is 41.8 Å². The second-order valence-corrected chi connectivity index (χ2v) is 9.37. The second-order valence-electron chi connectivity index (χ2n) is 9.37. The number of carbonyl (C=O) groups is 1. The van der Waals surface area contributed by atoms with E-state index < -0.39 is 5.97 Å². The Morgan fingerprint density at radius 3 is 2.74 bits per heavy atom. The first-order chi connectivity index (χ1) is 16.4. The molecular weight excluding hydrogens is 428 g/mol. The Morgan fingerprint density at radius 1 is 1.21 bits per heavy atom. The van der Waals surface area contributed by atoms with Crippen molar-refractivity contribution in [3.05, 3.63) is 70.3 Å². The van der Waals surface area contributed by atoms with Crippen LogP contribution in [-0.4, -0.2) is 70.5 Å². The zero-order chi connectivity index (χ0) is 24.1. The molecule has 1 saturated heterocycles. The Hall–Kier alpha value is -3.09. The standard InChI is InChI=1S/C28H35N2O4/c1-20-10-13-24-25(32-3)16-22(12-11-21-8-6-5-7-9-21)26(28(31)33-4)27(24)34-19-23-17-29-14-15-30(23,2)18-20/h5-12,16,23,29H,13-15,17-19H2,1-4H3/q+1. The molecule has 0 bridgehead atoms. The van der Waals surface area contributed by atoms with Crippen molar-refractivity contribution in [1.82, 2.24) is 5.32 Å².